The maximum Gasteiger partial charge on any atom is 0.272 e. The molecule has 0 bridgehead atoms. The molecule has 12 nitrogen and oxygen atoms in total. The Balaban J connectivity index is 1.73. The summed E-state index contributed by atoms with van der Waals surface area (Å²) in [5, 5.41) is 7.99. The van der Waals surface area contributed by atoms with E-state index < -0.39 is 53.9 Å². The summed E-state index contributed by atoms with van der Waals surface area (Å²) in [7, 11) is 0. The highest BCUT2D eigenvalue weighted by Gasteiger charge is 2.43. The molecule has 3 N–H and O–H groups in total. The Bertz CT molecular complexity index is 1190. The number of hydrogen-bond donors (Lipinski definition) is 3. The van der Waals surface area contributed by atoms with Crippen molar-refractivity contribution in [3.05, 3.63) is 60.2 Å². The monoisotopic (exact) mass is 566 g/mol. The predicted molar refractivity (Wildman–Crippen MR) is 149 cm³/mol. The van der Waals surface area contributed by atoms with E-state index in [1.54, 1.807) is 20.8 Å². The summed E-state index contributed by atoms with van der Waals surface area (Å²) in [5.74, 6) is -2.39. The number of rotatable bonds is 13. The summed E-state index contributed by atoms with van der Waals surface area (Å²) in [5.41, 5.74) is 1.01. The molecule has 1 aliphatic heterocycles. The summed E-state index contributed by atoms with van der Waals surface area (Å²) in [6.07, 6.45) is 4.95. The molecule has 1 fully saturated rings. The molecule has 1 saturated heterocycles. The lowest BCUT2D eigenvalue weighted by Gasteiger charge is -2.31. The van der Waals surface area contributed by atoms with Gasteiger partial charge < -0.3 is 30.4 Å². The van der Waals surface area contributed by atoms with Crippen molar-refractivity contribution in [3.8, 4) is 0 Å². The first-order valence-electron chi connectivity index (χ1n) is 13.7. The zero-order valence-electron chi connectivity index (χ0n) is 23.8. The van der Waals surface area contributed by atoms with Crippen molar-refractivity contribution in [1.29, 1.82) is 0 Å². The highest BCUT2D eigenvalue weighted by Crippen LogP contribution is 2.24. The molecular formula is C29H38N6O6. The summed E-state index contributed by atoms with van der Waals surface area (Å²) in [4.78, 5) is 73.1. The van der Waals surface area contributed by atoms with Gasteiger partial charge in [0.2, 0.25) is 17.7 Å². The van der Waals surface area contributed by atoms with E-state index in [0.29, 0.717) is 19.3 Å². The molecule has 1 aromatic carbocycles. The van der Waals surface area contributed by atoms with Crippen LogP contribution < -0.4 is 16.0 Å². The van der Waals surface area contributed by atoms with Crippen LogP contribution in [0.25, 0.3) is 0 Å². The highest BCUT2D eigenvalue weighted by molar-refractivity contribution is 5.97. The van der Waals surface area contributed by atoms with Gasteiger partial charge in [0, 0.05) is 25.4 Å². The van der Waals surface area contributed by atoms with Crippen LogP contribution in [0.5, 0.6) is 0 Å². The van der Waals surface area contributed by atoms with Crippen LogP contribution in [-0.4, -0.2) is 81.6 Å². The van der Waals surface area contributed by atoms with Crippen LogP contribution in [0.3, 0.4) is 0 Å². The lowest BCUT2D eigenvalue weighted by atomic mass is 10.0. The van der Waals surface area contributed by atoms with E-state index in [1.807, 2.05) is 30.3 Å². The van der Waals surface area contributed by atoms with Gasteiger partial charge in [0.1, 0.15) is 30.1 Å². The van der Waals surface area contributed by atoms with Crippen molar-refractivity contribution in [3.63, 3.8) is 0 Å². The summed E-state index contributed by atoms with van der Waals surface area (Å²) >= 11 is 0. The van der Waals surface area contributed by atoms with Gasteiger partial charge in [-0.15, -0.1) is 0 Å². The molecule has 2 heterocycles. The largest absolute Gasteiger partial charge is 0.372 e. The summed E-state index contributed by atoms with van der Waals surface area (Å²) < 4.78 is 6.06. The molecule has 1 aromatic heterocycles. The van der Waals surface area contributed by atoms with Gasteiger partial charge in [-0.1, -0.05) is 51.1 Å². The van der Waals surface area contributed by atoms with Crippen molar-refractivity contribution in [1.82, 2.24) is 30.8 Å². The summed E-state index contributed by atoms with van der Waals surface area (Å²) in [6, 6.07) is 6.03. The lowest BCUT2D eigenvalue weighted by molar-refractivity contribution is -0.143. The van der Waals surface area contributed by atoms with Gasteiger partial charge in [0.05, 0.1) is 24.9 Å². The van der Waals surface area contributed by atoms with Crippen molar-refractivity contribution in [2.24, 2.45) is 5.92 Å². The van der Waals surface area contributed by atoms with Crippen LogP contribution in [0.2, 0.25) is 0 Å². The molecule has 0 spiro atoms. The number of aromatic nitrogens is 2. The molecule has 2 aromatic rings. The third kappa shape index (κ3) is 8.65. The third-order valence-corrected chi connectivity index (χ3v) is 6.88. The molecule has 0 aliphatic carbocycles. The smallest absolute Gasteiger partial charge is 0.272 e. The minimum absolute atomic E-state index is 0.0526. The van der Waals surface area contributed by atoms with Crippen LogP contribution >= 0.6 is 0 Å². The van der Waals surface area contributed by atoms with E-state index in [4.69, 9.17) is 4.74 Å². The number of nitrogens with zero attached hydrogens (tertiary/aromatic N) is 3. The van der Waals surface area contributed by atoms with Crippen LogP contribution in [0.15, 0.2) is 48.9 Å². The molecule has 1 aliphatic rings. The Morgan fingerprint density at radius 1 is 1.07 bits per heavy atom. The molecular weight excluding hydrogens is 528 g/mol. The van der Waals surface area contributed by atoms with Gasteiger partial charge in [0.25, 0.3) is 5.91 Å². The van der Waals surface area contributed by atoms with E-state index in [9.17, 15) is 24.0 Å². The molecule has 5 unspecified atom stereocenters. The summed E-state index contributed by atoms with van der Waals surface area (Å²) in [6.45, 7) is 7.27. The lowest BCUT2D eigenvalue weighted by Crippen LogP contribution is -2.58. The second-order valence-corrected chi connectivity index (χ2v) is 10.3. The fourth-order valence-corrected chi connectivity index (χ4v) is 4.43. The second-order valence-electron chi connectivity index (χ2n) is 10.3. The molecule has 41 heavy (non-hydrogen) atoms. The maximum absolute atomic E-state index is 13.8. The number of hydrogen-bond acceptors (Lipinski definition) is 8. The standard InChI is InChI=1S/C29H38N6O6/c1-5-21(16-36)33-28(39)24-13-22(41-17-20-9-7-6-8-10-20)15-35(24)29(40)25(18(2)3)34-26(37)19(4)32-27(38)23-14-30-11-12-31-23/h6-12,14,16,18-19,21-22,24-25H,5,13,15,17H2,1-4H3,(H,32,38)(H,33,39)(H,34,37). The first-order chi connectivity index (χ1) is 19.6. The van der Waals surface area contributed by atoms with Gasteiger partial charge in [-0.05, 0) is 24.8 Å². The van der Waals surface area contributed by atoms with Crippen molar-refractivity contribution in [2.75, 3.05) is 6.54 Å². The van der Waals surface area contributed by atoms with Crippen LogP contribution in [0.1, 0.15) is 56.6 Å². The quantitative estimate of drug-likeness (QED) is 0.303. The maximum atomic E-state index is 13.8. The van der Waals surface area contributed by atoms with E-state index in [2.05, 4.69) is 25.9 Å². The Labute approximate surface area is 239 Å². The normalized spacial score (nSPS) is 18.7. The number of likely N-dealkylation sites (tertiary alicyclic amines) is 1. The molecule has 3 rings (SSSR count). The highest BCUT2D eigenvalue weighted by atomic mass is 16.5. The predicted octanol–water partition coefficient (Wildman–Crippen LogP) is 1.02. The Kier molecular flexibility index (Phi) is 11.5. The fraction of sp³-hybridized carbons (Fsp3) is 0.483. The zero-order valence-corrected chi connectivity index (χ0v) is 23.8. The number of aldehydes is 1. The Morgan fingerprint density at radius 3 is 2.41 bits per heavy atom. The molecule has 12 heteroatoms. The van der Waals surface area contributed by atoms with E-state index in [0.717, 1.165) is 5.56 Å². The number of ether oxygens (including phenoxy) is 1. The average molecular weight is 567 g/mol. The van der Waals surface area contributed by atoms with Gasteiger partial charge in [-0.2, -0.15) is 0 Å². The van der Waals surface area contributed by atoms with Gasteiger partial charge in [-0.25, -0.2) is 4.98 Å². The SMILES string of the molecule is CCC(C=O)NC(=O)C1CC(OCc2ccccc2)CN1C(=O)C(NC(=O)C(C)NC(=O)c1cnccn1)C(C)C. The number of nitrogens with one attached hydrogen (secondary N) is 3. The van der Waals surface area contributed by atoms with Gasteiger partial charge >= 0.3 is 0 Å². The Morgan fingerprint density at radius 2 is 1.80 bits per heavy atom. The fourth-order valence-electron chi connectivity index (χ4n) is 4.43. The Hall–Kier alpha value is -4.19. The number of carbonyl (C=O) groups excluding carboxylic acids is 5. The topological polar surface area (TPSA) is 160 Å². The number of amides is 4. The molecule has 5 atom stereocenters. The van der Waals surface area contributed by atoms with Crippen LogP contribution in [-0.2, 0) is 30.5 Å². The van der Waals surface area contributed by atoms with E-state index in [1.165, 1.54) is 30.4 Å². The molecule has 0 saturated carbocycles. The van der Waals surface area contributed by atoms with Crippen molar-refractivity contribution in [2.45, 2.75) is 77.4 Å². The molecule has 220 valence electrons. The van der Waals surface area contributed by atoms with E-state index in [-0.39, 0.29) is 24.6 Å². The zero-order chi connectivity index (χ0) is 29.9. The number of benzene rings is 1. The van der Waals surface area contributed by atoms with E-state index >= 15 is 0 Å². The van der Waals surface area contributed by atoms with Crippen molar-refractivity contribution >= 4 is 29.9 Å². The first-order valence-corrected chi connectivity index (χ1v) is 13.7. The molecule has 4 amide bonds. The van der Waals surface area contributed by atoms with Crippen LogP contribution in [0, 0.1) is 5.92 Å². The minimum Gasteiger partial charge on any atom is -0.372 e. The van der Waals surface area contributed by atoms with Gasteiger partial charge in [0.15, 0.2) is 0 Å². The second kappa shape index (κ2) is 15.0. The third-order valence-electron chi connectivity index (χ3n) is 6.88. The molecule has 0 radical (unpaired) electrons. The number of carbonyl (C=O) groups is 5. The minimum atomic E-state index is -0.977. The van der Waals surface area contributed by atoms with Gasteiger partial charge in [-0.3, -0.25) is 24.2 Å². The van der Waals surface area contributed by atoms with Crippen molar-refractivity contribution < 1.29 is 28.7 Å². The average Bonchev–Trinajstić information content (AvgIpc) is 3.42. The van der Waals surface area contributed by atoms with Crippen LogP contribution in [0.4, 0.5) is 0 Å². The first kappa shape index (κ1) is 31.3.